The van der Waals surface area contributed by atoms with Crippen molar-refractivity contribution >= 4 is 28.8 Å². The second-order valence-corrected chi connectivity index (χ2v) is 8.09. The number of benzene rings is 2. The van der Waals surface area contributed by atoms with E-state index >= 15 is 0 Å². The maximum absolute atomic E-state index is 5.46. The van der Waals surface area contributed by atoms with E-state index in [2.05, 4.69) is 68.4 Å². The predicted molar refractivity (Wildman–Crippen MR) is 124 cm³/mol. The molecule has 3 aliphatic heterocycles. The largest absolute Gasteiger partial charge is 0.497 e. The maximum atomic E-state index is 5.46. The van der Waals surface area contributed by atoms with Gasteiger partial charge in [-0.3, -0.25) is 0 Å². The minimum absolute atomic E-state index is 0.411. The van der Waals surface area contributed by atoms with Crippen molar-refractivity contribution in [3.8, 4) is 5.75 Å². The first kappa shape index (κ1) is 18.2. The number of methoxy groups -OCH3 is 1. The van der Waals surface area contributed by atoms with Gasteiger partial charge in [0.1, 0.15) is 23.8 Å². The van der Waals surface area contributed by atoms with E-state index < -0.39 is 0 Å². The van der Waals surface area contributed by atoms with Crippen LogP contribution in [0, 0.1) is 0 Å². The Morgan fingerprint density at radius 2 is 1.94 bits per heavy atom. The van der Waals surface area contributed by atoms with Crippen molar-refractivity contribution in [2.24, 2.45) is 4.99 Å². The van der Waals surface area contributed by atoms with Gasteiger partial charge in [0.25, 0.3) is 0 Å². The van der Waals surface area contributed by atoms with Crippen molar-refractivity contribution in [2.75, 3.05) is 31.6 Å². The molecule has 0 amide bonds. The lowest BCUT2D eigenvalue weighted by Gasteiger charge is -2.48. The molecule has 1 radical (unpaired) electrons. The van der Waals surface area contributed by atoms with E-state index in [9.17, 15) is 0 Å². The maximum Gasteiger partial charge on any atom is 0.249 e. The Hall–Kier alpha value is -3.64. The molecule has 153 valence electrons. The summed E-state index contributed by atoms with van der Waals surface area (Å²) in [6.45, 7) is 2.73. The summed E-state index contributed by atoms with van der Waals surface area (Å²) in [6, 6.07) is 21.2. The summed E-state index contributed by atoms with van der Waals surface area (Å²) < 4.78 is 5.46. The lowest BCUT2D eigenvalue weighted by atomic mass is 10.0. The zero-order valence-electron chi connectivity index (χ0n) is 17.3. The van der Waals surface area contributed by atoms with Gasteiger partial charge >= 0.3 is 0 Å². The third-order valence-electron chi connectivity index (χ3n) is 6.23. The molecule has 6 heteroatoms. The van der Waals surface area contributed by atoms with Crippen LogP contribution in [-0.2, 0) is 0 Å². The quantitative estimate of drug-likeness (QED) is 0.616. The number of aromatic nitrogens is 1. The third-order valence-corrected chi connectivity index (χ3v) is 6.23. The normalized spacial score (nSPS) is 18.6. The molecule has 0 unspecified atom stereocenters. The van der Waals surface area contributed by atoms with Gasteiger partial charge in [-0.05, 0) is 30.3 Å². The number of ether oxygens (including phenoxy) is 1. The summed E-state index contributed by atoms with van der Waals surface area (Å²) in [5, 5.41) is 1.18. The van der Waals surface area contributed by atoms with Crippen LogP contribution < -0.4 is 14.5 Å². The summed E-state index contributed by atoms with van der Waals surface area (Å²) in [7, 11) is 1.71. The fraction of sp³-hybridized carbons (Fsp3) is 0.200. The van der Waals surface area contributed by atoms with E-state index in [1.165, 1.54) is 16.8 Å². The van der Waals surface area contributed by atoms with Crippen LogP contribution in [0.4, 0.5) is 5.82 Å². The van der Waals surface area contributed by atoms with Gasteiger partial charge in [-0.25, -0.2) is 9.98 Å². The van der Waals surface area contributed by atoms with Gasteiger partial charge in [0.2, 0.25) is 12.0 Å². The lowest BCUT2D eigenvalue weighted by molar-refractivity contribution is 0.251. The first-order valence-electron chi connectivity index (χ1n) is 10.5. The van der Waals surface area contributed by atoms with E-state index in [4.69, 9.17) is 9.72 Å². The molecule has 6 nitrogen and oxygen atoms in total. The minimum atomic E-state index is 0.411. The number of aliphatic imine (C=N–C) groups is 1. The number of para-hydroxylation sites is 1. The molecule has 31 heavy (non-hydrogen) atoms. The first-order chi connectivity index (χ1) is 15.3. The molecule has 6 rings (SSSR count). The summed E-state index contributed by atoms with van der Waals surface area (Å²) in [5.74, 6) is 1.91. The molecule has 0 bridgehead atoms. The number of hydrogen-bond acceptors (Lipinski definition) is 6. The predicted octanol–water partition coefficient (Wildman–Crippen LogP) is 3.77. The number of nitrogens with zero attached hydrogens (tertiary/aromatic N) is 5. The Balaban J connectivity index is 1.27. The van der Waals surface area contributed by atoms with E-state index in [-0.39, 0.29) is 0 Å². The first-order valence-corrected chi connectivity index (χ1v) is 10.5. The number of fused-ring (bicyclic) bond motifs is 2. The van der Waals surface area contributed by atoms with Crippen LogP contribution >= 0.6 is 0 Å². The smallest absolute Gasteiger partial charge is 0.249 e. The SMILES string of the molecule is COc1cccc(C2=C[N+]3C=NC=C3CN2C2CN(c3ccc4ccccc4n3)C2)c1. The molecule has 4 heterocycles. The number of anilines is 1. The Bertz CT molecular complexity index is 1240. The van der Waals surface area contributed by atoms with Gasteiger partial charge in [0, 0.05) is 24.0 Å². The van der Waals surface area contributed by atoms with Gasteiger partial charge < -0.3 is 14.5 Å². The monoisotopic (exact) mass is 409 g/mol. The molecule has 3 aromatic rings. The highest BCUT2D eigenvalue weighted by molar-refractivity contribution is 5.80. The van der Waals surface area contributed by atoms with E-state index in [0.29, 0.717) is 6.04 Å². The van der Waals surface area contributed by atoms with E-state index in [1.807, 2.05) is 30.7 Å². The average molecular weight is 409 g/mol. The number of pyridine rings is 1. The van der Waals surface area contributed by atoms with Crippen molar-refractivity contribution in [3.63, 3.8) is 0 Å². The number of hydrogen-bond donors (Lipinski definition) is 0. The van der Waals surface area contributed by atoms with Gasteiger partial charge in [0.05, 0.1) is 24.9 Å². The standard InChI is InChI=1S/C25H23N5O/c1-31-22-7-4-6-19(11-22)24-16-29-17-26-12-20(29)15-30(24)21-13-28(14-21)25-10-9-18-5-2-3-8-23(18)27-25/h2-12,16-17,21H,13-15H2,1H3/q+1. The molecule has 1 fully saturated rings. The summed E-state index contributed by atoms with van der Waals surface area (Å²) in [6.07, 6.45) is 6.00. The fourth-order valence-corrected chi connectivity index (χ4v) is 4.46. The van der Waals surface area contributed by atoms with Crippen molar-refractivity contribution in [3.05, 3.63) is 84.3 Å². The Morgan fingerprint density at radius 3 is 2.84 bits per heavy atom. The van der Waals surface area contributed by atoms with Crippen LogP contribution in [0.25, 0.3) is 16.6 Å². The summed E-state index contributed by atoms with van der Waals surface area (Å²) >= 11 is 0. The van der Waals surface area contributed by atoms with Crippen molar-refractivity contribution in [2.45, 2.75) is 6.04 Å². The second-order valence-electron chi connectivity index (χ2n) is 8.09. The zero-order valence-corrected chi connectivity index (χ0v) is 17.3. The Morgan fingerprint density at radius 1 is 1.03 bits per heavy atom. The van der Waals surface area contributed by atoms with Crippen molar-refractivity contribution in [1.82, 2.24) is 14.8 Å². The van der Waals surface area contributed by atoms with E-state index in [1.54, 1.807) is 7.11 Å². The summed E-state index contributed by atoms with van der Waals surface area (Å²) in [4.78, 5) is 16.2. The molecule has 1 saturated heterocycles. The zero-order chi connectivity index (χ0) is 20.8. The van der Waals surface area contributed by atoms with Crippen LogP contribution in [-0.4, -0.2) is 49.0 Å². The number of rotatable bonds is 4. The van der Waals surface area contributed by atoms with Crippen LogP contribution in [0.3, 0.4) is 0 Å². The van der Waals surface area contributed by atoms with Crippen LogP contribution in [0.1, 0.15) is 5.56 Å². The lowest BCUT2D eigenvalue weighted by Crippen LogP contribution is -2.60. The molecular formula is C25H23N5O+. The van der Waals surface area contributed by atoms with Crippen molar-refractivity contribution < 1.29 is 4.74 Å². The molecule has 0 saturated carbocycles. The van der Waals surface area contributed by atoms with Gasteiger partial charge in [-0.15, -0.1) is 0 Å². The third kappa shape index (κ3) is 3.16. The highest BCUT2D eigenvalue weighted by Gasteiger charge is 2.41. The molecule has 0 spiro atoms. The van der Waals surface area contributed by atoms with Crippen molar-refractivity contribution in [1.29, 1.82) is 0 Å². The average Bonchev–Trinajstić information content (AvgIpc) is 3.25. The van der Waals surface area contributed by atoms with Gasteiger partial charge in [0.15, 0.2) is 6.20 Å². The molecule has 1 aromatic heterocycles. The Labute approximate surface area is 181 Å². The molecule has 0 N–H and O–H groups in total. The highest BCUT2D eigenvalue weighted by Crippen LogP contribution is 2.34. The molecule has 0 aliphatic carbocycles. The fourth-order valence-electron chi connectivity index (χ4n) is 4.46. The van der Waals surface area contributed by atoms with Crippen LogP contribution in [0.5, 0.6) is 5.75 Å². The topological polar surface area (TPSA) is 46.9 Å². The van der Waals surface area contributed by atoms with Gasteiger partial charge in [-0.2, -0.15) is 0 Å². The second kappa shape index (κ2) is 7.25. The summed E-state index contributed by atoms with van der Waals surface area (Å²) in [5.41, 5.74) is 4.60. The minimum Gasteiger partial charge on any atom is -0.497 e. The van der Waals surface area contributed by atoms with Crippen LogP contribution in [0.15, 0.2) is 83.8 Å². The molecular weight excluding hydrogens is 386 g/mol. The van der Waals surface area contributed by atoms with Crippen LogP contribution in [0.2, 0.25) is 0 Å². The van der Waals surface area contributed by atoms with Gasteiger partial charge in [-0.1, -0.05) is 35.2 Å². The highest BCUT2D eigenvalue weighted by atomic mass is 16.5. The molecule has 3 aliphatic rings. The Kier molecular flexibility index (Phi) is 4.25. The molecule has 0 atom stereocenters. The van der Waals surface area contributed by atoms with E-state index in [0.717, 1.165) is 42.3 Å². The molecule has 2 aromatic carbocycles.